The molecule has 0 unspecified atom stereocenters. The molecule has 1 nitrogen and oxygen atoms in total. The summed E-state index contributed by atoms with van der Waals surface area (Å²) in [6.45, 7) is 0. The second-order valence-corrected chi connectivity index (χ2v) is 2.26. The Labute approximate surface area is 58.3 Å². The van der Waals surface area contributed by atoms with Crippen LogP contribution in [0.3, 0.4) is 0 Å². The smallest absolute Gasteiger partial charge is 0.214 e. The summed E-state index contributed by atoms with van der Waals surface area (Å²) in [6.07, 6.45) is 8.11. The van der Waals surface area contributed by atoms with Gasteiger partial charge >= 0.3 is 0 Å². The van der Waals surface area contributed by atoms with Crippen LogP contribution in [0.2, 0.25) is 0 Å². The number of allylic oxidation sites excluding steroid dienone is 4. The molecule has 0 fully saturated rings. The fraction of sp³-hybridized carbons (Fsp3) is 0.125. The number of hydrogen-bond donors (Lipinski definition) is 0. The first-order chi connectivity index (χ1) is 4.86. The predicted octanol–water partition coefficient (Wildman–Crippen LogP) is 2.14. The van der Waals surface area contributed by atoms with Crippen LogP contribution in [0.1, 0.15) is 6.42 Å². The van der Waals surface area contributed by atoms with Crippen LogP contribution in [0.5, 0.6) is 0 Å². The summed E-state index contributed by atoms with van der Waals surface area (Å²) in [6, 6.07) is 0. The number of nitrogens with zero attached hydrogens (tertiary/aromatic N) is 1. The maximum absolute atomic E-state index is 12.4. The summed E-state index contributed by atoms with van der Waals surface area (Å²) in [4.78, 5) is 3.68. The van der Waals surface area contributed by atoms with E-state index in [0.29, 0.717) is 0 Å². The van der Waals surface area contributed by atoms with E-state index in [1.54, 1.807) is 0 Å². The number of hydrogen-bond acceptors (Lipinski definition) is 1. The van der Waals surface area contributed by atoms with E-state index >= 15 is 0 Å². The van der Waals surface area contributed by atoms with Gasteiger partial charge in [0.2, 0.25) is 5.97 Å². The highest BCUT2D eigenvalue weighted by molar-refractivity contribution is 5.93. The van der Waals surface area contributed by atoms with Gasteiger partial charge in [0.05, 0.1) is 5.70 Å². The predicted molar refractivity (Wildman–Crippen MR) is 38.5 cm³/mol. The first-order valence-corrected chi connectivity index (χ1v) is 3.19. The monoisotopic (exact) mass is 135 g/mol. The van der Waals surface area contributed by atoms with Gasteiger partial charge in [0, 0.05) is 11.6 Å². The van der Waals surface area contributed by atoms with Crippen molar-refractivity contribution in [2.45, 2.75) is 6.42 Å². The molecule has 0 radical (unpaired) electrons. The lowest BCUT2D eigenvalue weighted by Crippen LogP contribution is -1.82. The van der Waals surface area contributed by atoms with Gasteiger partial charge < -0.3 is 0 Å². The van der Waals surface area contributed by atoms with Crippen molar-refractivity contribution in [3.63, 3.8) is 0 Å². The lowest BCUT2D eigenvalue weighted by molar-refractivity contribution is 0.815. The lowest BCUT2D eigenvalue weighted by atomic mass is 10.1. The molecule has 50 valence electrons. The Morgan fingerprint density at radius 1 is 1.50 bits per heavy atom. The van der Waals surface area contributed by atoms with Crippen molar-refractivity contribution in [2.24, 2.45) is 4.99 Å². The largest absolute Gasteiger partial charge is 0.220 e. The summed E-state index contributed by atoms with van der Waals surface area (Å²) < 4.78 is 12.4. The van der Waals surface area contributed by atoms with Crippen molar-refractivity contribution in [2.75, 3.05) is 0 Å². The minimum atomic E-state index is -0.382. The average molecular weight is 135 g/mol. The average Bonchev–Trinajstić information content (AvgIpc) is 2.27. The van der Waals surface area contributed by atoms with E-state index in [0.717, 1.165) is 17.7 Å². The van der Waals surface area contributed by atoms with E-state index in [1.807, 2.05) is 18.2 Å². The topological polar surface area (TPSA) is 12.4 Å². The zero-order valence-electron chi connectivity index (χ0n) is 5.34. The first kappa shape index (κ1) is 5.59. The summed E-state index contributed by atoms with van der Waals surface area (Å²) in [5, 5.41) is 0. The maximum atomic E-state index is 12.4. The summed E-state index contributed by atoms with van der Waals surface area (Å²) in [7, 11) is 0. The second kappa shape index (κ2) is 1.90. The molecular weight excluding hydrogens is 129 g/mol. The van der Waals surface area contributed by atoms with Crippen LogP contribution < -0.4 is 0 Å². The van der Waals surface area contributed by atoms with Crippen LogP contribution >= 0.6 is 0 Å². The Morgan fingerprint density at radius 2 is 2.40 bits per heavy atom. The molecule has 0 N–H and O–H groups in total. The SMILES string of the molecule is FC1=NC2=CCC=CC2=C1. The zero-order valence-corrected chi connectivity index (χ0v) is 5.34. The molecule has 0 saturated heterocycles. The molecule has 2 aliphatic rings. The van der Waals surface area contributed by atoms with E-state index in [1.165, 1.54) is 6.08 Å². The van der Waals surface area contributed by atoms with Crippen molar-refractivity contribution in [3.8, 4) is 0 Å². The highest BCUT2D eigenvalue weighted by Gasteiger charge is 2.12. The maximum Gasteiger partial charge on any atom is 0.214 e. The quantitative estimate of drug-likeness (QED) is 0.482. The Bertz CT molecular complexity index is 282. The highest BCUT2D eigenvalue weighted by atomic mass is 19.1. The Hall–Kier alpha value is -1.18. The van der Waals surface area contributed by atoms with Crippen molar-refractivity contribution in [1.82, 2.24) is 0 Å². The van der Waals surface area contributed by atoms with Crippen LogP contribution in [-0.4, -0.2) is 5.97 Å². The molecule has 0 saturated carbocycles. The third kappa shape index (κ3) is 0.727. The van der Waals surface area contributed by atoms with Crippen LogP contribution in [0.15, 0.2) is 40.6 Å². The molecule has 0 bridgehead atoms. The fourth-order valence-corrected chi connectivity index (χ4v) is 1.09. The zero-order chi connectivity index (χ0) is 6.97. The molecule has 0 atom stereocenters. The first-order valence-electron chi connectivity index (χ1n) is 3.19. The van der Waals surface area contributed by atoms with E-state index in [-0.39, 0.29) is 5.97 Å². The van der Waals surface area contributed by atoms with Gasteiger partial charge in [0.15, 0.2) is 0 Å². The van der Waals surface area contributed by atoms with Gasteiger partial charge in [0.1, 0.15) is 0 Å². The van der Waals surface area contributed by atoms with E-state index in [2.05, 4.69) is 4.99 Å². The molecule has 0 amide bonds. The van der Waals surface area contributed by atoms with Gasteiger partial charge in [0.25, 0.3) is 0 Å². The van der Waals surface area contributed by atoms with Gasteiger partial charge in [-0.15, -0.1) is 0 Å². The molecule has 0 aromatic carbocycles. The minimum absolute atomic E-state index is 0.382. The molecule has 0 spiro atoms. The molecule has 1 aliphatic heterocycles. The molecule has 1 aliphatic carbocycles. The normalized spacial score (nSPS) is 21.5. The molecule has 0 aromatic rings. The van der Waals surface area contributed by atoms with Gasteiger partial charge in [-0.2, -0.15) is 4.39 Å². The lowest BCUT2D eigenvalue weighted by Gasteiger charge is -1.99. The van der Waals surface area contributed by atoms with Crippen LogP contribution in [-0.2, 0) is 0 Å². The Kier molecular flexibility index (Phi) is 1.07. The van der Waals surface area contributed by atoms with Crippen molar-refractivity contribution in [1.29, 1.82) is 0 Å². The van der Waals surface area contributed by atoms with Crippen LogP contribution in [0, 0.1) is 0 Å². The van der Waals surface area contributed by atoms with Crippen molar-refractivity contribution >= 4 is 5.97 Å². The molecule has 0 aromatic heterocycles. The van der Waals surface area contributed by atoms with Crippen LogP contribution in [0.25, 0.3) is 0 Å². The van der Waals surface area contributed by atoms with Crippen LogP contribution in [0.4, 0.5) is 4.39 Å². The molecule has 2 rings (SSSR count). The molecule has 2 heteroatoms. The van der Waals surface area contributed by atoms with E-state index in [4.69, 9.17) is 0 Å². The Balaban J connectivity index is 2.46. The standard InChI is InChI=1S/C8H6FN/c9-8-5-6-3-1-2-4-7(6)10-8/h1,3-5H,2H2. The molecular formula is C8H6FN. The second-order valence-electron chi connectivity index (χ2n) is 2.26. The van der Waals surface area contributed by atoms with Crippen molar-refractivity contribution < 1.29 is 4.39 Å². The van der Waals surface area contributed by atoms with Gasteiger partial charge in [-0.3, -0.25) is 0 Å². The van der Waals surface area contributed by atoms with Crippen molar-refractivity contribution in [3.05, 3.63) is 35.6 Å². The minimum Gasteiger partial charge on any atom is -0.220 e. The van der Waals surface area contributed by atoms with Gasteiger partial charge in [-0.1, -0.05) is 18.2 Å². The molecule has 10 heavy (non-hydrogen) atoms. The summed E-state index contributed by atoms with van der Waals surface area (Å²) >= 11 is 0. The summed E-state index contributed by atoms with van der Waals surface area (Å²) in [5.74, 6) is -0.382. The third-order valence-corrected chi connectivity index (χ3v) is 1.54. The summed E-state index contributed by atoms with van der Waals surface area (Å²) in [5.41, 5.74) is 1.67. The Morgan fingerprint density at radius 3 is 3.20 bits per heavy atom. The molecule has 1 heterocycles. The highest BCUT2D eigenvalue weighted by Crippen LogP contribution is 2.24. The number of halogens is 1. The van der Waals surface area contributed by atoms with E-state index < -0.39 is 0 Å². The fourth-order valence-electron chi connectivity index (χ4n) is 1.09. The number of aliphatic imine (C=N–C) groups is 1. The van der Waals surface area contributed by atoms with E-state index in [9.17, 15) is 4.39 Å². The number of rotatable bonds is 0. The third-order valence-electron chi connectivity index (χ3n) is 1.54. The van der Waals surface area contributed by atoms with Gasteiger partial charge in [-0.25, -0.2) is 4.99 Å². The van der Waals surface area contributed by atoms with Gasteiger partial charge in [-0.05, 0) is 6.42 Å². The number of fused-ring (bicyclic) bond motifs is 1.